The summed E-state index contributed by atoms with van der Waals surface area (Å²) in [5.41, 5.74) is -0.492. The Kier molecular flexibility index (Phi) is 3.94. The van der Waals surface area contributed by atoms with Gasteiger partial charge in [0.1, 0.15) is 11.8 Å². The zero-order chi connectivity index (χ0) is 11.5. The average Bonchev–Trinajstić information content (AvgIpc) is 1.99. The summed E-state index contributed by atoms with van der Waals surface area (Å²) in [6.45, 7) is 5.43. The van der Waals surface area contributed by atoms with E-state index < -0.39 is 17.9 Å². The van der Waals surface area contributed by atoms with Gasteiger partial charge in [0.05, 0.1) is 0 Å². The molecule has 88 valence electrons. The SMILES string of the molecule is CC(C)(C)OC(=O)N[C@@H]1CCC[C@H](F)C1. The lowest BCUT2D eigenvalue weighted by Crippen LogP contribution is -2.41. The van der Waals surface area contributed by atoms with Gasteiger partial charge in [0, 0.05) is 6.04 Å². The van der Waals surface area contributed by atoms with Crippen molar-refractivity contribution in [2.45, 2.75) is 64.3 Å². The van der Waals surface area contributed by atoms with E-state index in [1.807, 2.05) is 20.8 Å². The highest BCUT2D eigenvalue weighted by Gasteiger charge is 2.24. The maximum Gasteiger partial charge on any atom is 0.407 e. The normalized spacial score (nSPS) is 27.2. The van der Waals surface area contributed by atoms with Crippen LogP contribution in [0.5, 0.6) is 0 Å². The fourth-order valence-electron chi connectivity index (χ4n) is 1.74. The number of rotatable bonds is 1. The lowest BCUT2D eigenvalue weighted by atomic mass is 9.94. The number of halogens is 1. The molecular weight excluding hydrogens is 197 g/mol. The van der Waals surface area contributed by atoms with Crippen molar-refractivity contribution in [2.24, 2.45) is 0 Å². The first-order valence-electron chi connectivity index (χ1n) is 5.50. The molecule has 4 heteroatoms. The summed E-state index contributed by atoms with van der Waals surface area (Å²) in [5.74, 6) is 0. The molecule has 1 saturated carbocycles. The predicted octanol–water partition coefficient (Wildman–Crippen LogP) is 2.79. The van der Waals surface area contributed by atoms with Gasteiger partial charge in [-0.25, -0.2) is 9.18 Å². The van der Waals surface area contributed by atoms with Gasteiger partial charge in [-0.2, -0.15) is 0 Å². The number of carbonyl (C=O) groups excluding carboxylic acids is 1. The van der Waals surface area contributed by atoms with Crippen LogP contribution in [-0.2, 0) is 4.74 Å². The summed E-state index contributed by atoms with van der Waals surface area (Å²) < 4.78 is 18.1. The number of hydrogen-bond donors (Lipinski definition) is 1. The van der Waals surface area contributed by atoms with E-state index in [0.717, 1.165) is 12.8 Å². The minimum Gasteiger partial charge on any atom is -0.444 e. The molecule has 15 heavy (non-hydrogen) atoms. The van der Waals surface area contributed by atoms with E-state index in [9.17, 15) is 9.18 Å². The van der Waals surface area contributed by atoms with Crippen LogP contribution < -0.4 is 5.32 Å². The Balaban J connectivity index is 2.31. The van der Waals surface area contributed by atoms with Crippen molar-refractivity contribution in [1.29, 1.82) is 0 Å². The zero-order valence-corrected chi connectivity index (χ0v) is 9.68. The Morgan fingerprint density at radius 2 is 2.07 bits per heavy atom. The van der Waals surface area contributed by atoms with Crippen LogP contribution in [0.15, 0.2) is 0 Å². The van der Waals surface area contributed by atoms with E-state index >= 15 is 0 Å². The molecule has 0 bridgehead atoms. The van der Waals surface area contributed by atoms with Crippen LogP contribution in [0.4, 0.5) is 9.18 Å². The second kappa shape index (κ2) is 4.81. The Labute approximate surface area is 90.4 Å². The fraction of sp³-hybridized carbons (Fsp3) is 0.909. The molecule has 1 fully saturated rings. The lowest BCUT2D eigenvalue weighted by Gasteiger charge is -2.27. The van der Waals surface area contributed by atoms with Crippen LogP contribution in [-0.4, -0.2) is 23.9 Å². The first-order valence-corrected chi connectivity index (χ1v) is 5.50. The number of alkyl halides is 1. The first-order chi connectivity index (χ1) is 6.87. The quantitative estimate of drug-likeness (QED) is 0.733. The van der Waals surface area contributed by atoms with E-state index in [-0.39, 0.29) is 6.04 Å². The molecule has 0 radical (unpaired) electrons. The number of alkyl carbamates (subject to hydrolysis) is 1. The summed E-state index contributed by atoms with van der Waals surface area (Å²) >= 11 is 0. The molecule has 1 aliphatic rings. The van der Waals surface area contributed by atoms with E-state index in [2.05, 4.69) is 5.32 Å². The highest BCUT2D eigenvalue weighted by molar-refractivity contribution is 5.68. The van der Waals surface area contributed by atoms with Crippen LogP contribution in [0, 0.1) is 0 Å². The van der Waals surface area contributed by atoms with Crippen molar-refractivity contribution in [3.05, 3.63) is 0 Å². The smallest absolute Gasteiger partial charge is 0.407 e. The number of hydrogen-bond acceptors (Lipinski definition) is 2. The van der Waals surface area contributed by atoms with Crippen molar-refractivity contribution < 1.29 is 13.9 Å². The van der Waals surface area contributed by atoms with E-state index in [4.69, 9.17) is 4.74 Å². The van der Waals surface area contributed by atoms with Gasteiger partial charge in [-0.15, -0.1) is 0 Å². The molecule has 1 aliphatic carbocycles. The summed E-state index contributed by atoms with van der Waals surface area (Å²) in [5, 5.41) is 2.70. The van der Waals surface area contributed by atoms with Crippen LogP contribution in [0.25, 0.3) is 0 Å². The van der Waals surface area contributed by atoms with Gasteiger partial charge in [-0.05, 0) is 46.5 Å². The average molecular weight is 217 g/mol. The largest absolute Gasteiger partial charge is 0.444 e. The van der Waals surface area contributed by atoms with Crippen molar-refractivity contribution in [3.63, 3.8) is 0 Å². The Bertz CT molecular complexity index is 225. The highest BCUT2D eigenvalue weighted by atomic mass is 19.1. The van der Waals surface area contributed by atoms with Gasteiger partial charge in [-0.3, -0.25) is 0 Å². The molecule has 0 aromatic carbocycles. The zero-order valence-electron chi connectivity index (χ0n) is 9.68. The van der Waals surface area contributed by atoms with E-state index in [1.54, 1.807) is 0 Å². The molecule has 0 aromatic rings. The molecule has 0 spiro atoms. The van der Waals surface area contributed by atoms with Crippen molar-refractivity contribution in [3.8, 4) is 0 Å². The molecule has 1 rings (SSSR count). The second-order valence-corrected chi connectivity index (χ2v) is 5.11. The maximum atomic E-state index is 13.0. The van der Waals surface area contributed by atoms with Gasteiger partial charge in [0.2, 0.25) is 0 Å². The van der Waals surface area contributed by atoms with Gasteiger partial charge in [0.25, 0.3) is 0 Å². The molecule has 2 atom stereocenters. The molecule has 3 nitrogen and oxygen atoms in total. The number of ether oxygens (including phenoxy) is 1. The molecular formula is C11H20FNO2. The number of nitrogens with one attached hydrogen (secondary N) is 1. The summed E-state index contributed by atoms with van der Waals surface area (Å²) in [6.07, 6.45) is 1.49. The third-order valence-electron chi connectivity index (χ3n) is 2.33. The van der Waals surface area contributed by atoms with Crippen LogP contribution in [0.2, 0.25) is 0 Å². The molecule has 0 aromatic heterocycles. The third-order valence-corrected chi connectivity index (χ3v) is 2.33. The molecule has 0 heterocycles. The molecule has 0 saturated heterocycles. The minimum absolute atomic E-state index is 0.0661. The standard InChI is InChI=1S/C11H20FNO2/c1-11(2,3)15-10(14)13-9-6-4-5-8(12)7-9/h8-9H,4-7H2,1-3H3,(H,13,14)/t8-,9+/m0/s1. The monoisotopic (exact) mass is 217 g/mol. The topological polar surface area (TPSA) is 38.3 Å². The van der Waals surface area contributed by atoms with E-state index in [0.29, 0.717) is 12.8 Å². The predicted molar refractivity (Wildman–Crippen MR) is 56.5 cm³/mol. The van der Waals surface area contributed by atoms with E-state index in [1.165, 1.54) is 0 Å². The van der Waals surface area contributed by atoms with Crippen molar-refractivity contribution in [1.82, 2.24) is 5.32 Å². The van der Waals surface area contributed by atoms with Gasteiger partial charge < -0.3 is 10.1 Å². The fourth-order valence-corrected chi connectivity index (χ4v) is 1.74. The maximum absolute atomic E-state index is 13.0. The molecule has 0 aliphatic heterocycles. The molecule has 0 unspecified atom stereocenters. The number of carbonyl (C=O) groups is 1. The van der Waals surface area contributed by atoms with Crippen molar-refractivity contribution >= 4 is 6.09 Å². The minimum atomic E-state index is -0.779. The molecule has 1 N–H and O–H groups in total. The van der Waals surface area contributed by atoms with Crippen LogP contribution in [0.3, 0.4) is 0 Å². The third kappa shape index (κ3) is 5.00. The Morgan fingerprint density at radius 1 is 1.40 bits per heavy atom. The van der Waals surface area contributed by atoms with Gasteiger partial charge >= 0.3 is 6.09 Å². The van der Waals surface area contributed by atoms with Crippen LogP contribution >= 0.6 is 0 Å². The summed E-state index contributed by atoms with van der Waals surface area (Å²) in [4.78, 5) is 11.4. The molecule has 1 amide bonds. The summed E-state index contributed by atoms with van der Waals surface area (Å²) in [6, 6.07) is -0.0661. The highest BCUT2D eigenvalue weighted by Crippen LogP contribution is 2.21. The Morgan fingerprint density at radius 3 is 2.60 bits per heavy atom. The van der Waals surface area contributed by atoms with Gasteiger partial charge in [-0.1, -0.05) is 0 Å². The van der Waals surface area contributed by atoms with Crippen LogP contribution in [0.1, 0.15) is 46.5 Å². The van der Waals surface area contributed by atoms with Gasteiger partial charge in [0.15, 0.2) is 0 Å². The Hall–Kier alpha value is -0.800. The summed E-state index contributed by atoms with van der Waals surface area (Å²) in [7, 11) is 0. The first kappa shape index (κ1) is 12.3. The lowest BCUT2D eigenvalue weighted by molar-refractivity contribution is 0.0480. The second-order valence-electron chi connectivity index (χ2n) is 5.11. The van der Waals surface area contributed by atoms with Crippen molar-refractivity contribution in [2.75, 3.05) is 0 Å². The number of amides is 1.